The minimum absolute atomic E-state index is 0.136. The SMILES string of the molecule is CC(C)(C)OC(=O)CNCc1ccccc1C#N. The number of esters is 1. The number of nitriles is 1. The average Bonchev–Trinajstić information content (AvgIpc) is 2.27. The lowest BCUT2D eigenvalue weighted by Crippen LogP contribution is -2.31. The zero-order valence-corrected chi connectivity index (χ0v) is 11.0. The van der Waals surface area contributed by atoms with E-state index in [4.69, 9.17) is 10.00 Å². The number of benzene rings is 1. The molecule has 1 rings (SSSR count). The molecule has 0 radical (unpaired) electrons. The third-order valence-electron chi connectivity index (χ3n) is 2.14. The number of carbonyl (C=O) groups excluding carboxylic acids is 1. The van der Waals surface area contributed by atoms with Crippen LogP contribution in [-0.2, 0) is 16.1 Å². The summed E-state index contributed by atoms with van der Waals surface area (Å²) in [5.41, 5.74) is 1.03. The van der Waals surface area contributed by atoms with Crippen LogP contribution in [0.15, 0.2) is 24.3 Å². The summed E-state index contributed by atoms with van der Waals surface area (Å²) in [6.07, 6.45) is 0. The molecule has 18 heavy (non-hydrogen) atoms. The molecule has 0 aromatic heterocycles. The first-order chi connectivity index (χ1) is 8.42. The summed E-state index contributed by atoms with van der Waals surface area (Å²) in [5.74, 6) is -0.295. The fourth-order valence-electron chi connectivity index (χ4n) is 1.46. The first-order valence-electron chi connectivity index (χ1n) is 5.83. The predicted octanol–water partition coefficient (Wildman–Crippen LogP) is 1.99. The van der Waals surface area contributed by atoms with Crippen LogP contribution in [0.5, 0.6) is 0 Å². The van der Waals surface area contributed by atoms with E-state index in [0.717, 1.165) is 5.56 Å². The lowest BCUT2D eigenvalue weighted by atomic mass is 10.1. The summed E-state index contributed by atoms with van der Waals surface area (Å²) in [5, 5.41) is 11.9. The Balaban J connectivity index is 2.43. The number of carbonyl (C=O) groups is 1. The number of rotatable bonds is 4. The first-order valence-corrected chi connectivity index (χ1v) is 5.83. The van der Waals surface area contributed by atoms with Gasteiger partial charge in [-0.15, -0.1) is 0 Å². The average molecular weight is 246 g/mol. The van der Waals surface area contributed by atoms with Crippen LogP contribution in [0.1, 0.15) is 31.9 Å². The number of hydrogen-bond donors (Lipinski definition) is 1. The van der Waals surface area contributed by atoms with Crippen molar-refractivity contribution in [2.75, 3.05) is 6.54 Å². The summed E-state index contributed by atoms with van der Waals surface area (Å²) in [6.45, 7) is 6.10. The summed E-state index contributed by atoms with van der Waals surface area (Å²) >= 11 is 0. The monoisotopic (exact) mass is 246 g/mol. The highest BCUT2D eigenvalue weighted by Crippen LogP contribution is 2.08. The molecular weight excluding hydrogens is 228 g/mol. The van der Waals surface area contributed by atoms with Gasteiger partial charge in [0.2, 0.25) is 0 Å². The van der Waals surface area contributed by atoms with Gasteiger partial charge in [0.25, 0.3) is 0 Å². The minimum atomic E-state index is -0.469. The van der Waals surface area contributed by atoms with Crippen LogP contribution in [0, 0.1) is 11.3 Å². The van der Waals surface area contributed by atoms with Gasteiger partial charge in [0.05, 0.1) is 18.2 Å². The molecule has 1 N–H and O–H groups in total. The van der Waals surface area contributed by atoms with Crippen molar-refractivity contribution in [1.82, 2.24) is 5.32 Å². The van der Waals surface area contributed by atoms with Crippen LogP contribution in [0.3, 0.4) is 0 Å². The lowest BCUT2D eigenvalue weighted by molar-refractivity contribution is -0.153. The van der Waals surface area contributed by atoms with Gasteiger partial charge < -0.3 is 10.1 Å². The Hall–Kier alpha value is -1.86. The van der Waals surface area contributed by atoms with E-state index in [0.29, 0.717) is 12.1 Å². The van der Waals surface area contributed by atoms with Crippen LogP contribution < -0.4 is 5.32 Å². The van der Waals surface area contributed by atoms with Gasteiger partial charge in [-0.1, -0.05) is 18.2 Å². The maximum atomic E-state index is 11.5. The van der Waals surface area contributed by atoms with Gasteiger partial charge in [0.1, 0.15) is 5.60 Å². The Morgan fingerprint density at radius 2 is 2.06 bits per heavy atom. The van der Waals surface area contributed by atoms with E-state index in [1.54, 1.807) is 6.07 Å². The van der Waals surface area contributed by atoms with Crippen molar-refractivity contribution >= 4 is 5.97 Å². The van der Waals surface area contributed by atoms with Crippen LogP contribution in [-0.4, -0.2) is 18.1 Å². The van der Waals surface area contributed by atoms with Crippen molar-refractivity contribution in [2.24, 2.45) is 0 Å². The zero-order chi connectivity index (χ0) is 13.6. The highest BCUT2D eigenvalue weighted by atomic mass is 16.6. The fourth-order valence-corrected chi connectivity index (χ4v) is 1.46. The summed E-state index contributed by atoms with van der Waals surface area (Å²) in [4.78, 5) is 11.5. The molecule has 0 heterocycles. The Morgan fingerprint density at radius 1 is 1.39 bits per heavy atom. The molecule has 0 aliphatic carbocycles. The summed E-state index contributed by atoms with van der Waals surface area (Å²) in [7, 11) is 0. The molecule has 96 valence electrons. The molecule has 0 amide bonds. The molecule has 4 nitrogen and oxygen atoms in total. The molecule has 1 aromatic carbocycles. The normalized spacial score (nSPS) is 10.8. The Labute approximate surface area is 108 Å². The van der Waals surface area contributed by atoms with Crippen LogP contribution in [0.4, 0.5) is 0 Å². The smallest absolute Gasteiger partial charge is 0.320 e. The number of hydrogen-bond acceptors (Lipinski definition) is 4. The van der Waals surface area contributed by atoms with Crippen molar-refractivity contribution < 1.29 is 9.53 Å². The van der Waals surface area contributed by atoms with E-state index in [-0.39, 0.29) is 12.5 Å². The molecular formula is C14H18N2O2. The third-order valence-corrected chi connectivity index (χ3v) is 2.14. The van der Waals surface area contributed by atoms with E-state index in [9.17, 15) is 4.79 Å². The van der Waals surface area contributed by atoms with Crippen molar-refractivity contribution in [2.45, 2.75) is 32.9 Å². The summed E-state index contributed by atoms with van der Waals surface area (Å²) < 4.78 is 5.17. The Kier molecular flexibility index (Phi) is 4.87. The largest absolute Gasteiger partial charge is 0.459 e. The van der Waals surface area contributed by atoms with E-state index in [1.165, 1.54) is 0 Å². The van der Waals surface area contributed by atoms with Gasteiger partial charge in [-0.25, -0.2) is 0 Å². The van der Waals surface area contributed by atoms with E-state index in [1.807, 2.05) is 39.0 Å². The van der Waals surface area contributed by atoms with Gasteiger partial charge in [0, 0.05) is 6.54 Å². The second kappa shape index (κ2) is 6.18. The lowest BCUT2D eigenvalue weighted by Gasteiger charge is -2.19. The van der Waals surface area contributed by atoms with E-state index >= 15 is 0 Å². The van der Waals surface area contributed by atoms with Crippen molar-refractivity contribution in [3.63, 3.8) is 0 Å². The van der Waals surface area contributed by atoms with Crippen LogP contribution >= 0.6 is 0 Å². The van der Waals surface area contributed by atoms with E-state index in [2.05, 4.69) is 11.4 Å². The standard InChI is InChI=1S/C14H18N2O2/c1-14(2,3)18-13(17)10-16-9-12-7-5-4-6-11(12)8-15/h4-7,16H,9-10H2,1-3H3. The van der Waals surface area contributed by atoms with Crippen LogP contribution in [0.25, 0.3) is 0 Å². The molecule has 4 heteroatoms. The van der Waals surface area contributed by atoms with Crippen LogP contribution in [0.2, 0.25) is 0 Å². The molecule has 0 unspecified atom stereocenters. The van der Waals surface area contributed by atoms with Crippen molar-refractivity contribution in [3.05, 3.63) is 35.4 Å². The van der Waals surface area contributed by atoms with Gasteiger partial charge in [-0.3, -0.25) is 4.79 Å². The summed E-state index contributed by atoms with van der Waals surface area (Å²) in [6, 6.07) is 9.41. The number of nitrogens with zero attached hydrogens (tertiary/aromatic N) is 1. The zero-order valence-electron chi connectivity index (χ0n) is 11.0. The minimum Gasteiger partial charge on any atom is -0.459 e. The first kappa shape index (κ1) is 14.2. The molecule has 0 atom stereocenters. The highest BCUT2D eigenvalue weighted by molar-refractivity contribution is 5.72. The predicted molar refractivity (Wildman–Crippen MR) is 68.7 cm³/mol. The van der Waals surface area contributed by atoms with E-state index < -0.39 is 5.60 Å². The molecule has 0 fully saturated rings. The molecule has 0 aliphatic heterocycles. The topological polar surface area (TPSA) is 62.1 Å². The highest BCUT2D eigenvalue weighted by Gasteiger charge is 2.15. The Morgan fingerprint density at radius 3 is 2.67 bits per heavy atom. The van der Waals surface area contributed by atoms with Gasteiger partial charge in [-0.05, 0) is 32.4 Å². The molecule has 0 aliphatic rings. The molecule has 0 bridgehead atoms. The third kappa shape index (κ3) is 4.98. The number of ether oxygens (including phenoxy) is 1. The second-order valence-electron chi connectivity index (χ2n) is 4.96. The van der Waals surface area contributed by atoms with Crippen molar-refractivity contribution in [3.8, 4) is 6.07 Å². The molecule has 0 saturated carbocycles. The number of nitrogens with one attached hydrogen (secondary N) is 1. The van der Waals surface area contributed by atoms with Crippen molar-refractivity contribution in [1.29, 1.82) is 5.26 Å². The molecule has 0 spiro atoms. The van der Waals surface area contributed by atoms with Gasteiger partial charge in [-0.2, -0.15) is 5.26 Å². The molecule has 0 saturated heterocycles. The van der Waals surface area contributed by atoms with Gasteiger partial charge in [0.15, 0.2) is 0 Å². The maximum absolute atomic E-state index is 11.5. The second-order valence-corrected chi connectivity index (χ2v) is 4.96. The maximum Gasteiger partial charge on any atom is 0.320 e. The quantitative estimate of drug-likeness (QED) is 0.825. The van der Waals surface area contributed by atoms with Gasteiger partial charge >= 0.3 is 5.97 Å². The molecule has 1 aromatic rings. The Bertz CT molecular complexity index is 456. The fraction of sp³-hybridized carbons (Fsp3) is 0.429.